The normalized spacial score (nSPS) is 10.6. The van der Waals surface area contributed by atoms with Crippen LogP contribution < -0.4 is 5.73 Å². The van der Waals surface area contributed by atoms with Crippen LogP contribution in [0.25, 0.3) is 0 Å². The van der Waals surface area contributed by atoms with Crippen molar-refractivity contribution in [2.24, 2.45) is 0 Å². The molecule has 0 saturated heterocycles. The van der Waals surface area contributed by atoms with Crippen LogP contribution in [0.15, 0.2) is 30.5 Å². The van der Waals surface area contributed by atoms with Crippen LogP contribution in [-0.4, -0.2) is 9.78 Å². The molecule has 0 aliphatic carbocycles. The molecule has 1 aromatic carbocycles. The highest BCUT2D eigenvalue weighted by Gasteiger charge is 2.03. The summed E-state index contributed by atoms with van der Waals surface area (Å²) >= 11 is 5.83. The molecule has 0 amide bonds. The maximum atomic E-state index is 5.83. The molecule has 2 rings (SSSR count). The minimum Gasteiger partial charge on any atom is -0.381 e. The van der Waals surface area contributed by atoms with Gasteiger partial charge in [-0.25, -0.2) is 0 Å². The van der Waals surface area contributed by atoms with E-state index in [-0.39, 0.29) is 0 Å². The Balaban J connectivity index is 2.14. The van der Waals surface area contributed by atoms with E-state index in [0.717, 1.165) is 6.42 Å². The minimum absolute atomic E-state index is 0.381. The van der Waals surface area contributed by atoms with Gasteiger partial charge in [-0.3, -0.25) is 4.68 Å². The lowest BCUT2D eigenvalue weighted by molar-refractivity contribution is 0.690. The van der Waals surface area contributed by atoms with Crippen molar-refractivity contribution in [2.75, 3.05) is 5.73 Å². The lowest BCUT2D eigenvalue weighted by Gasteiger charge is -2.02. The summed E-state index contributed by atoms with van der Waals surface area (Å²) in [4.78, 5) is 0. The summed E-state index contributed by atoms with van der Waals surface area (Å²) in [6.45, 7) is 2.84. The Morgan fingerprint density at radius 2 is 1.88 bits per heavy atom. The average molecular weight is 236 g/mol. The van der Waals surface area contributed by atoms with E-state index >= 15 is 0 Å². The fraction of sp³-hybridized carbons (Fsp3) is 0.250. The number of halogens is 1. The molecular weight excluding hydrogens is 222 g/mol. The predicted molar refractivity (Wildman–Crippen MR) is 66.6 cm³/mol. The third-order valence-electron chi connectivity index (χ3n) is 2.52. The van der Waals surface area contributed by atoms with E-state index in [1.807, 2.05) is 0 Å². The van der Waals surface area contributed by atoms with Crippen molar-refractivity contribution in [3.8, 4) is 0 Å². The van der Waals surface area contributed by atoms with Crippen molar-refractivity contribution >= 4 is 17.4 Å². The number of aryl methyl sites for hydroxylation is 1. The molecule has 0 saturated carbocycles. The summed E-state index contributed by atoms with van der Waals surface area (Å²) in [6, 6.07) is 8.46. The van der Waals surface area contributed by atoms with Crippen molar-refractivity contribution in [3.63, 3.8) is 0 Å². The molecule has 0 fully saturated rings. The number of hydrogen-bond acceptors (Lipinski definition) is 2. The first-order chi connectivity index (χ1) is 7.69. The molecule has 2 N–H and O–H groups in total. The van der Waals surface area contributed by atoms with Crippen LogP contribution in [0.2, 0.25) is 5.02 Å². The summed E-state index contributed by atoms with van der Waals surface area (Å²) in [6.07, 6.45) is 2.80. The van der Waals surface area contributed by atoms with Gasteiger partial charge in [-0.1, -0.05) is 42.8 Å². The fourth-order valence-corrected chi connectivity index (χ4v) is 1.71. The molecule has 2 aromatic rings. The average Bonchev–Trinajstić information content (AvgIpc) is 2.59. The van der Waals surface area contributed by atoms with Gasteiger partial charge in [0.2, 0.25) is 0 Å². The number of aromatic nitrogens is 2. The Morgan fingerprint density at radius 1 is 1.25 bits per heavy atom. The van der Waals surface area contributed by atoms with Crippen molar-refractivity contribution < 1.29 is 0 Å². The zero-order chi connectivity index (χ0) is 11.5. The van der Waals surface area contributed by atoms with Gasteiger partial charge in [0, 0.05) is 6.20 Å². The Labute approximate surface area is 99.8 Å². The number of nitrogens with two attached hydrogens (primary N) is 1. The summed E-state index contributed by atoms with van der Waals surface area (Å²) in [5.41, 5.74) is 8.10. The van der Waals surface area contributed by atoms with E-state index in [1.165, 1.54) is 11.1 Å². The zero-order valence-electron chi connectivity index (χ0n) is 9.15. The first-order valence-electron chi connectivity index (χ1n) is 5.25. The van der Waals surface area contributed by atoms with Gasteiger partial charge < -0.3 is 5.73 Å². The highest BCUT2D eigenvalue weighted by Crippen LogP contribution is 2.16. The molecule has 0 spiro atoms. The fourth-order valence-electron chi connectivity index (χ4n) is 1.56. The summed E-state index contributed by atoms with van der Waals surface area (Å²) in [5, 5.41) is 4.62. The van der Waals surface area contributed by atoms with E-state index < -0.39 is 0 Å². The van der Waals surface area contributed by atoms with Crippen LogP contribution in [0, 0.1) is 0 Å². The van der Waals surface area contributed by atoms with E-state index in [0.29, 0.717) is 17.4 Å². The molecule has 0 radical (unpaired) electrons. The summed E-state index contributed by atoms with van der Waals surface area (Å²) < 4.78 is 1.75. The highest BCUT2D eigenvalue weighted by atomic mass is 35.5. The minimum atomic E-state index is 0.381. The molecular formula is C12H14ClN3. The largest absolute Gasteiger partial charge is 0.381 e. The van der Waals surface area contributed by atoms with Gasteiger partial charge in [-0.2, -0.15) is 5.10 Å². The monoisotopic (exact) mass is 235 g/mol. The van der Waals surface area contributed by atoms with Crippen molar-refractivity contribution in [1.29, 1.82) is 0 Å². The zero-order valence-corrected chi connectivity index (χ0v) is 9.91. The number of benzene rings is 1. The molecule has 3 nitrogen and oxygen atoms in total. The van der Waals surface area contributed by atoms with Crippen LogP contribution in [0.5, 0.6) is 0 Å². The van der Waals surface area contributed by atoms with Crippen LogP contribution in [0.3, 0.4) is 0 Å². The standard InChI is InChI=1S/C12H14ClN3/c1-2-9-3-5-10(6-4-9)7-16-8-11(13)12(14)15-16/h3-6,8H,2,7H2,1H3,(H2,14,15). The molecule has 84 valence electrons. The highest BCUT2D eigenvalue weighted by molar-refractivity contribution is 6.32. The molecule has 16 heavy (non-hydrogen) atoms. The van der Waals surface area contributed by atoms with E-state index in [1.54, 1.807) is 10.9 Å². The third-order valence-corrected chi connectivity index (χ3v) is 2.81. The second kappa shape index (κ2) is 4.58. The lowest BCUT2D eigenvalue weighted by Crippen LogP contribution is -2.01. The number of rotatable bonds is 3. The Kier molecular flexibility index (Phi) is 3.15. The van der Waals surface area contributed by atoms with Gasteiger partial charge in [-0.15, -0.1) is 0 Å². The summed E-state index contributed by atoms with van der Waals surface area (Å²) in [7, 11) is 0. The predicted octanol–water partition coefficient (Wildman–Crippen LogP) is 2.73. The van der Waals surface area contributed by atoms with Gasteiger partial charge >= 0.3 is 0 Å². The summed E-state index contributed by atoms with van der Waals surface area (Å²) in [5.74, 6) is 0.381. The molecule has 1 aromatic heterocycles. The Morgan fingerprint density at radius 3 is 2.38 bits per heavy atom. The second-order valence-electron chi connectivity index (χ2n) is 3.73. The van der Waals surface area contributed by atoms with Crippen LogP contribution in [0.1, 0.15) is 18.1 Å². The first-order valence-corrected chi connectivity index (χ1v) is 5.63. The van der Waals surface area contributed by atoms with Gasteiger partial charge in [0.15, 0.2) is 5.82 Å². The van der Waals surface area contributed by atoms with E-state index in [4.69, 9.17) is 17.3 Å². The van der Waals surface area contributed by atoms with E-state index in [9.17, 15) is 0 Å². The van der Waals surface area contributed by atoms with Gasteiger partial charge in [0.05, 0.1) is 6.54 Å². The van der Waals surface area contributed by atoms with Crippen LogP contribution in [0.4, 0.5) is 5.82 Å². The van der Waals surface area contributed by atoms with Gasteiger partial charge in [0.1, 0.15) is 5.02 Å². The number of nitrogen functional groups attached to an aromatic ring is 1. The Bertz CT molecular complexity index is 454. The molecule has 1 heterocycles. The molecule has 0 unspecified atom stereocenters. The SMILES string of the molecule is CCc1ccc(Cn2cc(Cl)c(N)n2)cc1. The topological polar surface area (TPSA) is 43.8 Å². The smallest absolute Gasteiger partial charge is 0.164 e. The number of nitrogens with zero attached hydrogens (tertiary/aromatic N) is 2. The lowest BCUT2D eigenvalue weighted by atomic mass is 10.1. The van der Waals surface area contributed by atoms with E-state index in [2.05, 4.69) is 36.3 Å². The molecule has 0 aliphatic rings. The molecule has 0 aliphatic heterocycles. The molecule has 4 heteroatoms. The second-order valence-corrected chi connectivity index (χ2v) is 4.14. The number of hydrogen-bond donors (Lipinski definition) is 1. The van der Waals surface area contributed by atoms with Crippen LogP contribution in [-0.2, 0) is 13.0 Å². The quantitative estimate of drug-likeness (QED) is 0.889. The van der Waals surface area contributed by atoms with Gasteiger partial charge in [-0.05, 0) is 17.5 Å². The van der Waals surface area contributed by atoms with Crippen LogP contribution >= 0.6 is 11.6 Å². The molecule has 0 atom stereocenters. The Hall–Kier alpha value is -1.48. The maximum absolute atomic E-state index is 5.83. The maximum Gasteiger partial charge on any atom is 0.164 e. The van der Waals surface area contributed by atoms with Crippen molar-refractivity contribution in [3.05, 3.63) is 46.6 Å². The molecule has 0 bridgehead atoms. The first kappa shape index (κ1) is 11.0. The van der Waals surface area contributed by atoms with Gasteiger partial charge in [0.25, 0.3) is 0 Å². The van der Waals surface area contributed by atoms with Crippen molar-refractivity contribution in [1.82, 2.24) is 9.78 Å². The third kappa shape index (κ3) is 2.36. The van der Waals surface area contributed by atoms with Crippen molar-refractivity contribution in [2.45, 2.75) is 19.9 Å². The number of anilines is 1.